The Labute approximate surface area is 198 Å². The van der Waals surface area contributed by atoms with E-state index in [2.05, 4.69) is 71.1 Å². The molecule has 0 N–H and O–H groups in total. The first kappa shape index (κ1) is 22.5. The molecule has 0 radical (unpaired) electrons. The molecule has 30 heavy (non-hydrogen) atoms. The minimum atomic E-state index is -2.01. The van der Waals surface area contributed by atoms with Crippen LogP contribution in [0.2, 0.25) is 23.1 Å². The van der Waals surface area contributed by atoms with E-state index in [4.69, 9.17) is 23.2 Å². The predicted molar refractivity (Wildman–Crippen MR) is 130 cm³/mol. The normalized spacial score (nSPS) is 20.6. The molecule has 0 amide bonds. The van der Waals surface area contributed by atoms with E-state index in [1.807, 2.05) is 21.5 Å². The maximum atomic E-state index is 6.66. The van der Waals surface area contributed by atoms with Gasteiger partial charge in [-0.25, -0.2) is 0 Å². The van der Waals surface area contributed by atoms with Crippen molar-refractivity contribution in [2.75, 3.05) is 0 Å². The average molecular weight is 531 g/mol. The second kappa shape index (κ2) is 8.70. The topological polar surface area (TPSA) is 0 Å². The molecule has 0 nitrogen and oxygen atoms in total. The number of halogens is 2. The van der Waals surface area contributed by atoms with Crippen LogP contribution in [0.5, 0.6) is 0 Å². The molecule has 2 aliphatic rings. The van der Waals surface area contributed by atoms with Gasteiger partial charge in [-0.05, 0) is 0 Å². The Morgan fingerprint density at radius 2 is 1.50 bits per heavy atom. The number of rotatable bonds is 3. The number of hydrogen-bond acceptors (Lipinski definition) is 0. The van der Waals surface area contributed by atoms with Gasteiger partial charge in [0, 0.05) is 0 Å². The van der Waals surface area contributed by atoms with Crippen LogP contribution in [0.4, 0.5) is 0 Å². The van der Waals surface area contributed by atoms with Crippen molar-refractivity contribution in [2.24, 2.45) is 5.92 Å². The summed E-state index contributed by atoms with van der Waals surface area (Å²) >= 11 is 11.3. The fourth-order valence-electron chi connectivity index (χ4n) is 5.12. The van der Waals surface area contributed by atoms with Crippen molar-refractivity contribution >= 4 is 34.2 Å². The van der Waals surface area contributed by atoms with Crippen LogP contribution in [0.15, 0.2) is 68.5 Å². The molecular weight excluding hydrogens is 503 g/mol. The van der Waals surface area contributed by atoms with Gasteiger partial charge in [0.2, 0.25) is 0 Å². The van der Waals surface area contributed by atoms with Crippen LogP contribution in [-0.4, -0.2) is 5.43 Å². The van der Waals surface area contributed by atoms with Gasteiger partial charge in [0.15, 0.2) is 0 Å². The Balaban J connectivity index is 1.95. The van der Waals surface area contributed by atoms with Crippen molar-refractivity contribution in [2.45, 2.75) is 44.4 Å². The summed E-state index contributed by atoms with van der Waals surface area (Å²) in [6.45, 7) is 14.6. The molecule has 2 aromatic rings. The SMILES string of the molecule is CC1=C(C)C(C)[C]([Zr]([CH]2C=C(c3c(Cl)cccc3Cl)c3ccccc32)=[Si](C)C)=C1C. The summed E-state index contributed by atoms with van der Waals surface area (Å²) in [4.78, 5) is 0. The van der Waals surface area contributed by atoms with Crippen molar-refractivity contribution in [1.29, 1.82) is 0 Å². The summed E-state index contributed by atoms with van der Waals surface area (Å²) in [6.07, 6.45) is 2.54. The molecule has 0 saturated carbocycles. The molecule has 0 spiro atoms. The summed E-state index contributed by atoms with van der Waals surface area (Å²) in [5, 5.41) is 1.48. The van der Waals surface area contributed by atoms with Crippen LogP contribution in [0.25, 0.3) is 5.57 Å². The molecule has 2 aromatic carbocycles. The number of benzene rings is 2. The summed E-state index contributed by atoms with van der Waals surface area (Å²) in [5.74, 6) is 0.604. The van der Waals surface area contributed by atoms with E-state index in [-0.39, 0.29) is 0 Å². The molecular formula is C26H28Cl2SiZr. The zero-order chi connectivity index (χ0) is 21.7. The molecule has 0 aliphatic heterocycles. The molecule has 0 saturated heterocycles. The molecule has 0 aromatic heterocycles. The fourth-order valence-corrected chi connectivity index (χ4v) is 25.4. The minimum absolute atomic E-state index is 0.415. The van der Waals surface area contributed by atoms with Gasteiger partial charge in [0.1, 0.15) is 0 Å². The Morgan fingerprint density at radius 3 is 2.07 bits per heavy atom. The monoisotopic (exact) mass is 528 g/mol. The van der Waals surface area contributed by atoms with Gasteiger partial charge in [0.05, 0.1) is 0 Å². The molecule has 154 valence electrons. The number of allylic oxidation sites excluding steroid dienone is 5. The standard InChI is InChI=1S/C15H9Cl2.C9H13.C2H6Si.Zr/c16-13-6-3-7-14(17)15(13)12-9-8-10-4-1-2-5-11(10)12;1-6-5-7(2)9(4)8(6)3;1-3-2;/h1-9H;6H,1-4H3;1-2H3;. The predicted octanol–water partition coefficient (Wildman–Crippen LogP) is 8.61. The molecule has 2 unspecified atom stereocenters. The van der Waals surface area contributed by atoms with Gasteiger partial charge >= 0.3 is 200 Å². The Hall–Kier alpha value is -0.660. The first-order chi connectivity index (χ1) is 14.2. The first-order valence-corrected chi connectivity index (χ1v) is 20.1. The molecule has 2 atom stereocenters. The second-order valence-corrected chi connectivity index (χ2v) is 27.0. The van der Waals surface area contributed by atoms with Crippen molar-refractivity contribution in [3.8, 4) is 0 Å². The Kier molecular flexibility index (Phi) is 6.54. The summed E-state index contributed by atoms with van der Waals surface area (Å²) in [7, 11) is 0. The quantitative estimate of drug-likeness (QED) is 0.349. The Bertz CT molecular complexity index is 1160. The van der Waals surface area contributed by atoms with Gasteiger partial charge in [0.25, 0.3) is 0 Å². The number of fused-ring (bicyclic) bond motifs is 1. The summed E-state index contributed by atoms with van der Waals surface area (Å²) < 4.78 is 2.40. The zero-order valence-electron chi connectivity index (χ0n) is 18.5. The van der Waals surface area contributed by atoms with Crippen LogP contribution in [0.1, 0.15) is 48.0 Å². The molecule has 0 fully saturated rings. The van der Waals surface area contributed by atoms with Gasteiger partial charge in [-0.1, -0.05) is 0 Å². The van der Waals surface area contributed by atoms with Crippen molar-refractivity contribution in [3.63, 3.8) is 0 Å². The van der Waals surface area contributed by atoms with E-state index in [0.29, 0.717) is 9.54 Å². The zero-order valence-corrected chi connectivity index (χ0v) is 23.5. The van der Waals surface area contributed by atoms with Gasteiger partial charge < -0.3 is 0 Å². The van der Waals surface area contributed by atoms with E-state index < -0.39 is 25.8 Å². The number of hydrogen-bond donors (Lipinski definition) is 0. The van der Waals surface area contributed by atoms with E-state index in [9.17, 15) is 0 Å². The summed E-state index contributed by atoms with van der Waals surface area (Å²) in [5.41, 5.74) is 9.34. The first-order valence-electron chi connectivity index (χ1n) is 10.6. The third kappa shape index (κ3) is 3.62. The van der Waals surface area contributed by atoms with Crippen LogP contribution in [-0.2, 0) is 20.4 Å². The van der Waals surface area contributed by atoms with Crippen LogP contribution < -0.4 is 0 Å². The second-order valence-electron chi connectivity index (χ2n) is 8.72. The molecule has 0 bridgehead atoms. The van der Waals surface area contributed by atoms with E-state index in [1.54, 1.807) is 11.1 Å². The van der Waals surface area contributed by atoms with Gasteiger partial charge in [-0.3, -0.25) is 0 Å². The molecule has 2 aliphatic carbocycles. The van der Waals surface area contributed by atoms with Crippen LogP contribution in [0, 0.1) is 5.92 Å². The van der Waals surface area contributed by atoms with Gasteiger partial charge in [-0.2, -0.15) is 0 Å². The van der Waals surface area contributed by atoms with Crippen LogP contribution in [0.3, 0.4) is 0 Å². The average Bonchev–Trinajstić information content (AvgIpc) is 3.16. The van der Waals surface area contributed by atoms with E-state index >= 15 is 0 Å². The fraction of sp³-hybridized carbons (Fsp3) is 0.308. The van der Waals surface area contributed by atoms with Crippen molar-refractivity contribution < 1.29 is 20.4 Å². The molecule has 4 rings (SSSR count). The molecule has 0 heterocycles. The third-order valence-corrected chi connectivity index (χ3v) is 26.1. The van der Waals surface area contributed by atoms with Crippen molar-refractivity contribution in [3.05, 3.63) is 95.3 Å². The van der Waals surface area contributed by atoms with Crippen molar-refractivity contribution in [1.82, 2.24) is 0 Å². The van der Waals surface area contributed by atoms with Gasteiger partial charge in [-0.15, -0.1) is 0 Å². The van der Waals surface area contributed by atoms with E-state index in [0.717, 1.165) is 15.6 Å². The summed E-state index contributed by atoms with van der Waals surface area (Å²) in [6, 6.07) is 14.8. The molecule has 4 heteroatoms. The Morgan fingerprint density at radius 1 is 0.867 bits per heavy atom. The maximum absolute atomic E-state index is 6.66. The van der Waals surface area contributed by atoms with E-state index in [1.165, 1.54) is 22.3 Å². The third-order valence-electron chi connectivity index (χ3n) is 6.93. The van der Waals surface area contributed by atoms with Crippen LogP contribution >= 0.6 is 23.2 Å².